The molecule has 3 N–H and O–H groups in total. The van der Waals surface area contributed by atoms with Crippen molar-refractivity contribution in [1.82, 2.24) is 4.98 Å². The average molecular weight is 303 g/mol. The molecular formula is C11H8F3N3O2S. The molecule has 20 heavy (non-hydrogen) atoms. The number of benzene rings is 1. The van der Waals surface area contributed by atoms with Gasteiger partial charge in [-0.3, -0.25) is 4.72 Å². The monoisotopic (exact) mass is 303 g/mol. The highest BCUT2D eigenvalue weighted by Crippen LogP contribution is 2.23. The Hall–Kier alpha value is -2.29. The fourth-order valence-electron chi connectivity index (χ4n) is 1.38. The third-order valence-electron chi connectivity index (χ3n) is 2.31. The zero-order valence-electron chi connectivity index (χ0n) is 9.77. The van der Waals surface area contributed by atoms with Gasteiger partial charge in [-0.05, 0) is 12.1 Å². The fraction of sp³-hybridized carbons (Fsp3) is 0. The van der Waals surface area contributed by atoms with Crippen molar-refractivity contribution in [3.8, 4) is 0 Å². The Morgan fingerprint density at radius 2 is 1.70 bits per heavy atom. The Labute approximate surface area is 112 Å². The minimum Gasteiger partial charge on any atom is -0.384 e. The zero-order chi connectivity index (χ0) is 14.9. The van der Waals surface area contributed by atoms with Gasteiger partial charge in [-0.15, -0.1) is 0 Å². The van der Waals surface area contributed by atoms with Crippen molar-refractivity contribution in [2.24, 2.45) is 0 Å². The number of sulfonamides is 1. The van der Waals surface area contributed by atoms with E-state index < -0.39 is 33.2 Å². The predicted octanol–water partition coefficient (Wildman–Crippen LogP) is 1.88. The van der Waals surface area contributed by atoms with Crippen LogP contribution in [0.1, 0.15) is 0 Å². The van der Waals surface area contributed by atoms with Gasteiger partial charge in [0.15, 0.2) is 11.6 Å². The zero-order valence-corrected chi connectivity index (χ0v) is 10.6. The van der Waals surface area contributed by atoms with Crippen LogP contribution in [0.2, 0.25) is 0 Å². The Morgan fingerprint density at radius 3 is 2.20 bits per heavy atom. The average Bonchev–Trinajstić information content (AvgIpc) is 2.34. The molecule has 0 aliphatic carbocycles. The van der Waals surface area contributed by atoms with E-state index in [1.807, 2.05) is 0 Å². The first-order chi connectivity index (χ1) is 9.29. The van der Waals surface area contributed by atoms with E-state index in [2.05, 4.69) is 4.98 Å². The molecule has 106 valence electrons. The molecule has 1 aromatic carbocycles. The van der Waals surface area contributed by atoms with Crippen LogP contribution in [0.3, 0.4) is 0 Å². The van der Waals surface area contributed by atoms with Crippen LogP contribution < -0.4 is 10.5 Å². The normalized spacial score (nSPS) is 11.3. The van der Waals surface area contributed by atoms with Gasteiger partial charge in [-0.25, -0.2) is 26.6 Å². The number of hydrogen-bond acceptors (Lipinski definition) is 4. The van der Waals surface area contributed by atoms with Gasteiger partial charge in [0.1, 0.15) is 22.2 Å². The number of halogens is 3. The summed E-state index contributed by atoms with van der Waals surface area (Å²) < 4.78 is 64.9. The van der Waals surface area contributed by atoms with Gasteiger partial charge in [-0.1, -0.05) is 0 Å². The molecule has 5 nitrogen and oxygen atoms in total. The van der Waals surface area contributed by atoms with Crippen LogP contribution in [-0.2, 0) is 10.0 Å². The number of nitrogens with one attached hydrogen (secondary N) is 1. The summed E-state index contributed by atoms with van der Waals surface area (Å²) in [6.45, 7) is 0. The number of aromatic nitrogens is 1. The largest absolute Gasteiger partial charge is 0.384 e. The molecule has 0 amide bonds. The molecule has 0 saturated heterocycles. The van der Waals surface area contributed by atoms with Crippen LogP contribution >= 0.6 is 0 Å². The number of nitrogen functional groups attached to an aromatic ring is 1. The molecule has 0 atom stereocenters. The quantitative estimate of drug-likeness (QED) is 0.906. The first kappa shape index (κ1) is 14.1. The fourth-order valence-corrected chi connectivity index (χ4v) is 2.40. The SMILES string of the molecule is Nc1ccc(S(=O)(=O)Nc2c(F)cc(F)cc2F)cn1. The standard InChI is InChI=1S/C11H8F3N3O2S/c12-6-3-8(13)11(9(14)4-6)17-20(18,19)7-1-2-10(15)16-5-7/h1-5,17H,(H2,15,16). The summed E-state index contributed by atoms with van der Waals surface area (Å²) in [5.41, 5.74) is 4.33. The molecule has 1 aromatic heterocycles. The number of hydrogen-bond donors (Lipinski definition) is 2. The molecule has 0 radical (unpaired) electrons. The molecule has 0 saturated carbocycles. The van der Waals surface area contributed by atoms with Crippen molar-refractivity contribution >= 4 is 21.5 Å². The summed E-state index contributed by atoms with van der Waals surface area (Å²) in [4.78, 5) is 3.22. The first-order valence-electron chi connectivity index (χ1n) is 5.18. The second-order valence-corrected chi connectivity index (χ2v) is 5.45. The highest BCUT2D eigenvalue weighted by atomic mass is 32.2. The van der Waals surface area contributed by atoms with E-state index in [0.29, 0.717) is 12.1 Å². The van der Waals surface area contributed by atoms with Crippen LogP contribution in [0.5, 0.6) is 0 Å². The van der Waals surface area contributed by atoms with Crippen molar-refractivity contribution in [3.63, 3.8) is 0 Å². The minimum atomic E-state index is -4.26. The summed E-state index contributed by atoms with van der Waals surface area (Å²) in [6.07, 6.45) is 0.928. The van der Waals surface area contributed by atoms with Gasteiger partial charge in [0.05, 0.1) is 0 Å². The van der Waals surface area contributed by atoms with Gasteiger partial charge < -0.3 is 5.73 Å². The molecule has 2 rings (SSSR count). The number of nitrogens with zero attached hydrogens (tertiary/aromatic N) is 1. The number of nitrogens with two attached hydrogens (primary N) is 1. The lowest BCUT2D eigenvalue weighted by molar-refractivity contribution is 0.547. The van der Waals surface area contributed by atoms with Gasteiger partial charge >= 0.3 is 0 Å². The second kappa shape index (κ2) is 5.00. The molecule has 1 heterocycles. The number of rotatable bonds is 3. The summed E-state index contributed by atoms with van der Waals surface area (Å²) in [5, 5.41) is 0. The van der Waals surface area contributed by atoms with Crippen molar-refractivity contribution in [2.75, 3.05) is 10.5 Å². The summed E-state index contributed by atoms with van der Waals surface area (Å²) in [7, 11) is -4.26. The predicted molar refractivity (Wildman–Crippen MR) is 65.8 cm³/mol. The lowest BCUT2D eigenvalue weighted by Crippen LogP contribution is -2.15. The molecule has 0 aliphatic rings. The Morgan fingerprint density at radius 1 is 1.10 bits per heavy atom. The summed E-state index contributed by atoms with van der Waals surface area (Å²) in [5.74, 6) is -3.80. The third kappa shape index (κ3) is 2.82. The van der Waals surface area contributed by atoms with E-state index in [-0.39, 0.29) is 10.7 Å². The molecule has 0 aliphatic heterocycles. The smallest absolute Gasteiger partial charge is 0.263 e. The molecule has 0 spiro atoms. The molecule has 0 fully saturated rings. The highest BCUT2D eigenvalue weighted by molar-refractivity contribution is 7.92. The van der Waals surface area contributed by atoms with Crippen molar-refractivity contribution in [1.29, 1.82) is 0 Å². The molecule has 0 unspecified atom stereocenters. The van der Waals surface area contributed by atoms with E-state index in [0.717, 1.165) is 12.3 Å². The summed E-state index contributed by atoms with van der Waals surface area (Å²) in [6, 6.07) is 3.06. The Balaban J connectivity index is 2.41. The van der Waals surface area contributed by atoms with Crippen LogP contribution in [0.15, 0.2) is 35.4 Å². The van der Waals surface area contributed by atoms with Crippen molar-refractivity contribution in [2.45, 2.75) is 4.90 Å². The number of anilines is 2. The van der Waals surface area contributed by atoms with Gasteiger partial charge in [-0.2, -0.15) is 0 Å². The van der Waals surface area contributed by atoms with Crippen LogP contribution in [0, 0.1) is 17.5 Å². The maximum Gasteiger partial charge on any atom is 0.263 e. The third-order valence-corrected chi connectivity index (χ3v) is 3.65. The van der Waals surface area contributed by atoms with Gasteiger partial charge in [0, 0.05) is 18.3 Å². The summed E-state index contributed by atoms with van der Waals surface area (Å²) >= 11 is 0. The first-order valence-corrected chi connectivity index (χ1v) is 6.67. The molecule has 0 bridgehead atoms. The minimum absolute atomic E-state index is 0.0862. The lowest BCUT2D eigenvalue weighted by Gasteiger charge is -2.09. The van der Waals surface area contributed by atoms with Crippen LogP contribution in [0.4, 0.5) is 24.7 Å². The maximum atomic E-state index is 13.4. The van der Waals surface area contributed by atoms with E-state index in [9.17, 15) is 21.6 Å². The van der Waals surface area contributed by atoms with E-state index >= 15 is 0 Å². The lowest BCUT2D eigenvalue weighted by atomic mass is 10.3. The van der Waals surface area contributed by atoms with E-state index in [4.69, 9.17) is 5.73 Å². The maximum absolute atomic E-state index is 13.4. The number of pyridine rings is 1. The van der Waals surface area contributed by atoms with Gasteiger partial charge in [0.2, 0.25) is 0 Å². The van der Waals surface area contributed by atoms with E-state index in [1.54, 1.807) is 4.72 Å². The van der Waals surface area contributed by atoms with Crippen molar-refractivity contribution < 1.29 is 21.6 Å². The van der Waals surface area contributed by atoms with Crippen LogP contribution in [0.25, 0.3) is 0 Å². The van der Waals surface area contributed by atoms with E-state index in [1.165, 1.54) is 6.07 Å². The molecule has 2 aromatic rings. The Kier molecular flexibility index (Phi) is 3.53. The van der Waals surface area contributed by atoms with Gasteiger partial charge in [0.25, 0.3) is 10.0 Å². The Bertz CT molecular complexity index is 725. The highest BCUT2D eigenvalue weighted by Gasteiger charge is 2.20. The van der Waals surface area contributed by atoms with Crippen molar-refractivity contribution in [3.05, 3.63) is 47.9 Å². The molecule has 9 heteroatoms. The topological polar surface area (TPSA) is 85.1 Å². The molecular weight excluding hydrogens is 295 g/mol. The second-order valence-electron chi connectivity index (χ2n) is 3.77. The van der Waals surface area contributed by atoms with Crippen LogP contribution in [-0.4, -0.2) is 13.4 Å².